The number of rotatable bonds is 6. The lowest BCUT2D eigenvalue weighted by molar-refractivity contribution is -0.119. The molecule has 0 aliphatic carbocycles. The van der Waals surface area contributed by atoms with Crippen LogP contribution >= 0.6 is 23.8 Å². The number of anilines is 1. The second-order valence-corrected chi connectivity index (χ2v) is 6.48. The first-order chi connectivity index (χ1) is 12.5. The second-order valence-electron chi connectivity index (χ2n) is 5.64. The van der Waals surface area contributed by atoms with E-state index in [9.17, 15) is 9.59 Å². The van der Waals surface area contributed by atoms with E-state index in [1.165, 1.54) is 0 Å². The van der Waals surface area contributed by atoms with Crippen molar-refractivity contribution in [3.63, 3.8) is 0 Å². The fourth-order valence-electron chi connectivity index (χ4n) is 2.17. The van der Waals surface area contributed by atoms with Crippen LogP contribution in [0, 0.1) is 0 Å². The number of halogens is 1. The Labute approximate surface area is 163 Å². The third kappa shape index (κ3) is 6.46. The first-order valence-electron chi connectivity index (χ1n) is 8.21. The summed E-state index contributed by atoms with van der Waals surface area (Å²) in [5.41, 5.74) is 2.10. The largest absolute Gasteiger partial charge is 0.352 e. The highest BCUT2D eigenvalue weighted by Gasteiger charge is 2.08. The van der Waals surface area contributed by atoms with Gasteiger partial charge in [-0.3, -0.25) is 9.59 Å². The van der Waals surface area contributed by atoms with Crippen molar-refractivity contribution in [1.82, 2.24) is 10.6 Å². The highest BCUT2D eigenvalue weighted by atomic mass is 35.5. The van der Waals surface area contributed by atoms with Gasteiger partial charge in [0, 0.05) is 22.8 Å². The molecule has 0 aromatic heterocycles. The molecule has 2 rings (SSSR count). The van der Waals surface area contributed by atoms with E-state index >= 15 is 0 Å². The topological polar surface area (TPSA) is 70.2 Å². The predicted molar refractivity (Wildman–Crippen MR) is 109 cm³/mol. The lowest BCUT2D eigenvalue weighted by Crippen LogP contribution is -2.35. The molecular formula is C19H20ClN3O2S. The highest BCUT2D eigenvalue weighted by molar-refractivity contribution is 7.80. The summed E-state index contributed by atoms with van der Waals surface area (Å²) in [5.74, 6) is -0.336. The molecule has 0 unspecified atom stereocenters. The number of benzene rings is 2. The first kappa shape index (κ1) is 19.9. The number of amides is 2. The average molecular weight is 390 g/mol. The summed E-state index contributed by atoms with van der Waals surface area (Å²) in [6.07, 6.45) is 1.09. The Bertz CT molecular complexity index is 776. The highest BCUT2D eigenvalue weighted by Crippen LogP contribution is 2.11. The van der Waals surface area contributed by atoms with E-state index in [0.717, 1.165) is 12.0 Å². The maximum atomic E-state index is 12.0. The molecule has 136 valence electrons. The van der Waals surface area contributed by atoms with Crippen LogP contribution in [0.25, 0.3) is 0 Å². The zero-order valence-corrected chi connectivity index (χ0v) is 15.9. The smallest absolute Gasteiger partial charge is 0.251 e. The zero-order chi connectivity index (χ0) is 18.9. The number of hydrogen-bond acceptors (Lipinski definition) is 3. The van der Waals surface area contributed by atoms with Crippen molar-refractivity contribution in [2.75, 3.05) is 11.9 Å². The van der Waals surface area contributed by atoms with Crippen LogP contribution in [0.1, 0.15) is 29.3 Å². The van der Waals surface area contributed by atoms with Crippen LogP contribution in [0.4, 0.5) is 5.69 Å². The number of carbonyl (C=O) groups excluding carboxylic acids is 2. The van der Waals surface area contributed by atoms with Crippen LogP contribution in [-0.2, 0) is 11.2 Å². The summed E-state index contributed by atoms with van der Waals surface area (Å²) < 4.78 is 0. The second kappa shape index (κ2) is 9.89. The van der Waals surface area contributed by atoms with Gasteiger partial charge >= 0.3 is 0 Å². The van der Waals surface area contributed by atoms with Crippen molar-refractivity contribution in [3.05, 3.63) is 64.7 Å². The van der Waals surface area contributed by atoms with E-state index in [4.69, 9.17) is 23.8 Å². The third-order valence-electron chi connectivity index (χ3n) is 3.47. The molecule has 0 saturated heterocycles. The van der Waals surface area contributed by atoms with Crippen molar-refractivity contribution >= 4 is 46.4 Å². The van der Waals surface area contributed by atoms with Gasteiger partial charge in [0.25, 0.3) is 5.91 Å². The first-order valence-corrected chi connectivity index (χ1v) is 9.00. The minimum Gasteiger partial charge on any atom is -0.352 e. The van der Waals surface area contributed by atoms with E-state index in [1.54, 1.807) is 48.5 Å². The van der Waals surface area contributed by atoms with Gasteiger partial charge in [0.1, 0.15) is 0 Å². The summed E-state index contributed by atoms with van der Waals surface area (Å²) in [7, 11) is 0. The van der Waals surface area contributed by atoms with E-state index < -0.39 is 0 Å². The molecule has 7 heteroatoms. The molecule has 5 nitrogen and oxygen atoms in total. The van der Waals surface area contributed by atoms with Gasteiger partial charge in [0.2, 0.25) is 5.91 Å². The molecule has 2 amide bonds. The Morgan fingerprint density at radius 2 is 1.69 bits per heavy atom. The number of hydrogen-bond donors (Lipinski definition) is 3. The van der Waals surface area contributed by atoms with Crippen molar-refractivity contribution in [2.45, 2.75) is 19.8 Å². The van der Waals surface area contributed by atoms with Crippen LogP contribution in [0.2, 0.25) is 5.02 Å². The molecule has 0 heterocycles. The third-order valence-corrected chi connectivity index (χ3v) is 3.93. The lowest BCUT2D eigenvalue weighted by Gasteiger charge is -2.10. The zero-order valence-electron chi connectivity index (χ0n) is 14.3. The minimum absolute atomic E-state index is 0.114. The Morgan fingerprint density at radius 3 is 2.31 bits per heavy atom. The molecule has 0 aliphatic rings. The van der Waals surface area contributed by atoms with Crippen molar-refractivity contribution in [2.24, 2.45) is 0 Å². The summed E-state index contributed by atoms with van der Waals surface area (Å²) in [6, 6.07) is 13.9. The van der Waals surface area contributed by atoms with Gasteiger partial charge in [-0.1, -0.05) is 30.7 Å². The SMILES string of the molecule is CCCNC(=O)c1ccc(NC(=S)NC(=O)Cc2ccc(Cl)cc2)cc1. The molecule has 3 N–H and O–H groups in total. The Balaban J connectivity index is 1.84. The summed E-state index contributed by atoms with van der Waals surface area (Å²) >= 11 is 11.0. The van der Waals surface area contributed by atoms with E-state index in [2.05, 4.69) is 16.0 Å². The molecule has 2 aromatic carbocycles. The molecule has 0 spiro atoms. The quantitative estimate of drug-likeness (QED) is 0.661. The molecular weight excluding hydrogens is 370 g/mol. The van der Waals surface area contributed by atoms with Crippen LogP contribution in [0.5, 0.6) is 0 Å². The fraction of sp³-hybridized carbons (Fsp3) is 0.211. The van der Waals surface area contributed by atoms with Crippen LogP contribution in [0.3, 0.4) is 0 Å². The predicted octanol–water partition coefficient (Wildman–Crippen LogP) is 3.54. The van der Waals surface area contributed by atoms with Gasteiger partial charge in [-0.15, -0.1) is 0 Å². The van der Waals surface area contributed by atoms with E-state index in [-0.39, 0.29) is 23.3 Å². The van der Waals surface area contributed by atoms with Crippen molar-refractivity contribution in [3.8, 4) is 0 Å². The fourth-order valence-corrected chi connectivity index (χ4v) is 2.52. The lowest BCUT2D eigenvalue weighted by atomic mass is 10.1. The van der Waals surface area contributed by atoms with Gasteiger partial charge in [-0.05, 0) is 60.6 Å². The molecule has 0 radical (unpaired) electrons. The summed E-state index contributed by atoms with van der Waals surface area (Å²) in [5, 5.41) is 9.19. The monoisotopic (exact) mass is 389 g/mol. The normalized spacial score (nSPS) is 10.1. The van der Waals surface area contributed by atoms with E-state index in [1.807, 2.05) is 6.92 Å². The molecule has 0 aliphatic heterocycles. The average Bonchev–Trinajstić information content (AvgIpc) is 2.62. The molecule has 0 bridgehead atoms. The van der Waals surface area contributed by atoms with E-state index in [0.29, 0.717) is 22.8 Å². The number of nitrogens with one attached hydrogen (secondary N) is 3. The number of thiocarbonyl (C=S) groups is 1. The van der Waals surface area contributed by atoms with Crippen LogP contribution in [0.15, 0.2) is 48.5 Å². The Kier molecular flexibility index (Phi) is 7.56. The summed E-state index contributed by atoms with van der Waals surface area (Å²) in [6.45, 7) is 2.64. The van der Waals surface area contributed by atoms with Gasteiger partial charge in [0.05, 0.1) is 6.42 Å². The van der Waals surface area contributed by atoms with Gasteiger partial charge in [-0.25, -0.2) is 0 Å². The maximum Gasteiger partial charge on any atom is 0.251 e. The minimum atomic E-state index is -0.222. The van der Waals surface area contributed by atoms with Crippen LogP contribution < -0.4 is 16.0 Å². The molecule has 0 saturated carbocycles. The molecule has 26 heavy (non-hydrogen) atoms. The van der Waals surface area contributed by atoms with Crippen molar-refractivity contribution < 1.29 is 9.59 Å². The van der Waals surface area contributed by atoms with Crippen molar-refractivity contribution in [1.29, 1.82) is 0 Å². The van der Waals surface area contributed by atoms with Gasteiger partial charge in [0.15, 0.2) is 5.11 Å². The Morgan fingerprint density at radius 1 is 1.04 bits per heavy atom. The van der Waals surface area contributed by atoms with Gasteiger partial charge < -0.3 is 16.0 Å². The molecule has 0 fully saturated rings. The summed E-state index contributed by atoms with van der Waals surface area (Å²) in [4.78, 5) is 23.9. The van der Waals surface area contributed by atoms with Gasteiger partial charge in [-0.2, -0.15) is 0 Å². The molecule has 2 aromatic rings. The Hall–Kier alpha value is -2.44. The molecule has 0 atom stereocenters. The standard InChI is InChI=1S/C19H20ClN3O2S/c1-2-11-21-18(25)14-5-9-16(10-6-14)22-19(26)23-17(24)12-13-3-7-15(20)8-4-13/h3-10H,2,11-12H2,1H3,(H,21,25)(H2,22,23,24,26). The number of carbonyl (C=O) groups is 2. The maximum absolute atomic E-state index is 12.0. The van der Waals surface area contributed by atoms with Crippen LogP contribution in [-0.4, -0.2) is 23.5 Å².